The monoisotopic (exact) mass is 126 g/mol. The van der Waals surface area contributed by atoms with Crippen LogP contribution in [0.25, 0.3) is 0 Å². The van der Waals surface area contributed by atoms with Crippen molar-refractivity contribution >= 4 is 11.6 Å². The van der Waals surface area contributed by atoms with Crippen molar-refractivity contribution in [1.82, 2.24) is 0 Å². The number of allylic oxidation sites excluding steroid dienone is 2. The van der Waals surface area contributed by atoms with Crippen molar-refractivity contribution in [3.63, 3.8) is 0 Å². The molecule has 0 aliphatic heterocycles. The van der Waals surface area contributed by atoms with E-state index >= 15 is 0 Å². The van der Waals surface area contributed by atoms with Crippen LogP contribution in [0.5, 0.6) is 0 Å². The zero-order valence-corrected chi connectivity index (χ0v) is 5.89. The number of ketones is 2. The topological polar surface area (TPSA) is 34.1 Å². The summed E-state index contributed by atoms with van der Waals surface area (Å²) in [5.74, 6) is -0.132. The minimum atomic E-state index is -0.0808. The highest BCUT2D eigenvalue weighted by atomic mass is 16.1. The molecule has 50 valence electrons. The second kappa shape index (κ2) is 3.17. The summed E-state index contributed by atoms with van der Waals surface area (Å²) in [6, 6.07) is 0. The van der Waals surface area contributed by atoms with Gasteiger partial charge in [-0.05, 0) is 32.4 Å². The van der Waals surface area contributed by atoms with Crippen molar-refractivity contribution in [2.45, 2.75) is 20.8 Å². The van der Waals surface area contributed by atoms with Gasteiger partial charge in [0.15, 0.2) is 11.6 Å². The van der Waals surface area contributed by atoms with E-state index in [0.29, 0.717) is 5.57 Å². The van der Waals surface area contributed by atoms with Gasteiger partial charge in [-0.25, -0.2) is 0 Å². The summed E-state index contributed by atoms with van der Waals surface area (Å²) in [5.41, 5.74) is 0.516. The van der Waals surface area contributed by atoms with Gasteiger partial charge in [-0.3, -0.25) is 9.59 Å². The van der Waals surface area contributed by atoms with Crippen molar-refractivity contribution in [2.75, 3.05) is 0 Å². The van der Waals surface area contributed by atoms with Crippen LogP contribution >= 0.6 is 0 Å². The first-order chi connectivity index (χ1) is 4.04. The van der Waals surface area contributed by atoms with Gasteiger partial charge in [-0.15, -0.1) is 0 Å². The molecule has 2 nitrogen and oxygen atoms in total. The summed E-state index contributed by atoms with van der Waals surface area (Å²) >= 11 is 0. The predicted molar refractivity (Wildman–Crippen MR) is 35.1 cm³/mol. The van der Waals surface area contributed by atoms with E-state index in [1.54, 1.807) is 6.92 Å². The molecule has 0 saturated heterocycles. The molecule has 0 bridgehead atoms. The highest BCUT2D eigenvalue weighted by molar-refractivity contribution is 6.00. The summed E-state index contributed by atoms with van der Waals surface area (Å²) in [4.78, 5) is 20.8. The molecule has 0 N–H and O–H groups in total. The maximum Gasteiger partial charge on any atom is 0.155 e. The van der Waals surface area contributed by atoms with Gasteiger partial charge in [0.2, 0.25) is 0 Å². The minimum absolute atomic E-state index is 0.0507. The number of Topliss-reactive ketones (excluding diaryl/α,β-unsaturated/α-hetero) is 1. The second-order valence-electron chi connectivity index (χ2n) is 1.99. The lowest BCUT2D eigenvalue weighted by Gasteiger charge is -1.88. The third-order valence-corrected chi connectivity index (χ3v) is 0.975. The molecule has 9 heavy (non-hydrogen) atoms. The van der Waals surface area contributed by atoms with Crippen LogP contribution in [0.4, 0.5) is 0 Å². The Bertz CT molecular complexity index is 166. The summed E-state index contributed by atoms with van der Waals surface area (Å²) in [6.45, 7) is 4.49. The van der Waals surface area contributed by atoms with Gasteiger partial charge in [0.05, 0.1) is 0 Å². The van der Waals surface area contributed by atoms with E-state index in [1.807, 2.05) is 0 Å². The predicted octanol–water partition coefficient (Wildman–Crippen LogP) is 1.11. The van der Waals surface area contributed by atoms with E-state index in [1.165, 1.54) is 19.9 Å². The van der Waals surface area contributed by atoms with Crippen LogP contribution in [0, 0.1) is 0 Å². The highest BCUT2D eigenvalue weighted by Crippen LogP contribution is 1.92. The lowest BCUT2D eigenvalue weighted by molar-refractivity contribution is -0.115. The number of carbonyl (C=O) groups is 2. The van der Waals surface area contributed by atoms with Gasteiger partial charge in [0.25, 0.3) is 0 Å². The zero-order chi connectivity index (χ0) is 7.44. The highest BCUT2D eigenvalue weighted by Gasteiger charge is 1.95. The zero-order valence-electron chi connectivity index (χ0n) is 5.89. The quantitative estimate of drug-likeness (QED) is 0.519. The number of hydrogen-bond acceptors (Lipinski definition) is 2. The molecule has 0 atom stereocenters. The largest absolute Gasteiger partial charge is 0.295 e. The third kappa shape index (κ3) is 3.64. The van der Waals surface area contributed by atoms with Crippen LogP contribution in [0.1, 0.15) is 20.8 Å². The number of carbonyl (C=O) groups excluding carboxylic acids is 2. The average molecular weight is 126 g/mol. The van der Waals surface area contributed by atoms with Gasteiger partial charge < -0.3 is 0 Å². The van der Waals surface area contributed by atoms with Gasteiger partial charge in [0.1, 0.15) is 0 Å². The molecule has 0 radical (unpaired) electrons. The maximum atomic E-state index is 10.5. The molecular formula is C7H10O2. The van der Waals surface area contributed by atoms with Crippen LogP contribution in [-0.4, -0.2) is 11.6 Å². The normalized spacial score (nSPS) is 11.2. The Morgan fingerprint density at radius 3 is 1.67 bits per heavy atom. The number of rotatable bonds is 2. The lowest BCUT2D eigenvalue weighted by Crippen LogP contribution is -1.94. The van der Waals surface area contributed by atoms with E-state index in [2.05, 4.69) is 0 Å². The molecule has 0 unspecified atom stereocenters. The Kier molecular flexibility index (Phi) is 2.85. The van der Waals surface area contributed by atoms with Crippen LogP contribution in [0.15, 0.2) is 11.6 Å². The van der Waals surface area contributed by atoms with E-state index in [-0.39, 0.29) is 11.6 Å². The first kappa shape index (κ1) is 8.08. The third-order valence-electron chi connectivity index (χ3n) is 0.975. The average Bonchev–Trinajstić information content (AvgIpc) is 1.63. The minimum Gasteiger partial charge on any atom is -0.295 e. The number of hydrogen-bond donors (Lipinski definition) is 0. The molecule has 0 aromatic rings. The lowest BCUT2D eigenvalue weighted by atomic mass is 10.2. The molecule has 0 spiro atoms. The van der Waals surface area contributed by atoms with E-state index < -0.39 is 0 Å². The first-order valence-electron chi connectivity index (χ1n) is 2.74. The Balaban J connectivity index is 4.17. The van der Waals surface area contributed by atoms with Crippen LogP contribution in [-0.2, 0) is 9.59 Å². The molecule has 0 rings (SSSR count). The smallest absolute Gasteiger partial charge is 0.155 e. The molecule has 0 aliphatic carbocycles. The molecule has 0 aromatic carbocycles. The van der Waals surface area contributed by atoms with Gasteiger partial charge >= 0.3 is 0 Å². The Morgan fingerprint density at radius 2 is 1.56 bits per heavy atom. The molecule has 0 saturated carbocycles. The van der Waals surface area contributed by atoms with Crippen molar-refractivity contribution in [3.05, 3.63) is 11.6 Å². The maximum absolute atomic E-state index is 10.5. The van der Waals surface area contributed by atoms with Crippen molar-refractivity contribution in [2.24, 2.45) is 0 Å². The Morgan fingerprint density at radius 1 is 1.11 bits per heavy atom. The van der Waals surface area contributed by atoms with Crippen molar-refractivity contribution in [1.29, 1.82) is 0 Å². The first-order valence-corrected chi connectivity index (χ1v) is 2.74. The van der Waals surface area contributed by atoms with Crippen LogP contribution in [0.3, 0.4) is 0 Å². The fourth-order valence-electron chi connectivity index (χ4n) is 0.407. The fourth-order valence-corrected chi connectivity index (χ4v) is 0.407. The summed E-state index contributed by atoms with van der Waals surface area (Å²) in [5, 5.41) is 0. The molecule has 0 heterocycles. The summed E-state index contributed by atoms with van der Waals surface area (Å²) in [7, 11) is 0. The van der Waals surface area contributed by atoms with Crippen molar-refractivity contribution < 1.29 is 9.59 Å². The molecular weight excluding hydrogens is 116 g/mol. The molecule has 0 amide bonds. The van der Waals surface area contributed by atoms with Gasteiger partial charge in [-0.1, -0.05) is 0 Å². The van der Waals surface area contributed by atoms with Crippen molar-refractivity contribution in [3.8, 4) is 0 Å². The fraction of sp³-hybridized carbons (Fsp3) is 0.429. The van der Waals surface area contributed by atoms with E-state index in [0.717, 1.165) is 0 Å². The summed E-state index contributed by atoms with van der Waals surface area (Å²) in [6.07, 6.45) is 1.34. The van der Waals surface area contributed by atoms with E-state index in [4.69, 9.17) is 0 Å². The van der Waals surface area contributed by atoms with E-state index in [9.17, 15) is 9.59 Å². The SMILES string of the molecule is CC(=O)/C=C(/C)C(C)=O. The second-order valence-corrected chi connectivity index (χ2v) is 1.99. The van der Waals surface area contributed by atoms with Crippen LogP contribution < -0.4 is 0 Å². The summed E-state index contributed by atoms with van der Waals surface area (Å²) < 4.78 is 0. The van der Waals surface area contributed by atoms with Gasteiger partial charge in [0, 0.05) is 0 Å². The van der Waals surface area contributed by atoms with Gasteiger partial charge in [-0.2, -0.15) is 0 Å². The Hall–Kier alpha value is -0.920. The molecule has 2 heteroatoms. The molecule has 0 aromatic heterocycles. The molecule has 0 aliphatic rings. The van der Waals surface area contributed by atoms with Crippen LogP contribution in [0.2, 0.25) is 0 Å². The molecule has 0 fully saturated rings. The standard InChI is InChI=1S/C7H10O2/c1-5(7(3)9)4-6(2)8/h4H,1-3H3/b5-4-. The Labute approximate surface area is 54.6 Å².